The number of sulfonamides is 1. The average Bonchev–Trinajstić information content (AvgIpc) is 2.89. The highest BCUT2D eigenvalue weighted by Crippen LogP contribution is 2.24. The first-order chi connectivity index (χ1) is 9.07. The van der Waals surface area contributed by atoms with Gasteiger partial charge < -0.3 is 4.74 Å². The van der Waals surface area contributed by atoms with Crippen molar-refractivity contribution in [3.05, 3.63) is 29.8 Å². The molecule has 0 radical (unpaired) electrons. The third-order valence-electron chi connectivity index (χ3n) is 3.37. The molecule has 19 heavy (non-hydrogen) atoms. The molecule has 0 saturated carbocycles. The van der Waals surface area contributed by atoms with Gasteiger partial charge in [0.15, 0.2) is 0 Å². The summed E-state index contributed by atoms with van der Waals surface area (Å²) >= 11 is 3.35. The van der Waals surface area contributed by atoms with Crippen molar-refractivity contribution in [2.24, 2.45) is 5.92 Å². The van der Waals surface area contributed by atoms with E-state index in [1.165, 1.54) is 0 Å². The lowest BCUT2D eigenvalue weighted by molar-refractivity contribution is 0.157. The highest BCUT2D eigenvalue weighted by Gasteiger charge is 2.32. The van der Waals surface area contributed by atoms with Gasteiger partial charge in [0.2, 0.25) is 10.0 Å². The van der Waals surface area contributed by atoms with Gasteiger partial charge in [-0.3, -0.25) is 0 Å². The summed E-state index contributed by atoms with van der Waals surface area (Å²) in [5.74, 6) is 0.307. The van der Waals surface area contributed by atoms with Crippen molar-refractivity contribution in [2.75, 3.05) is 26.8 Å². The minimum Gasteiger partial charge on any atom is -0.384 e. The van der Waals surface area contributed by atoms with Crippen LogP contribution in [0, 0.1) is 5.92 Å². The monoisotopic (exact) mass is 347 g/mol. The molecule has 0 spiro atoms. The van der Waals surface area contributed by atoms with E-state index in [-0.39, 0.29) is 0 Å². The second kappa shape index (κ2) is 6.35. The fourth-order valence-corrected chi connectivity index (χ4v) is 4.19. The largest absolute Gasteiger partial charge is 0.384 e. The number of ether oxygens (including phenoxy) is 1. The van der Waals surface area contributed by atoms with Crippen LogP contribution in [0.2, 0.25) is 0 Å². The Morgan fingerprint density at radius 3 is 2.63 bits per heavy atom. The average molecular weight is 348 g/mol. The first kappa shape index (κ1) is 15.0. The highest BCUT2D eigenvalue weighted by molar-refractivity contribution is 9.08. The maximum Gasteiger partial charge on any atom is 0.243 e. The SMILES string of the molecule is COCC1CCN(S(=O)(=O)c2ccc(CBr)cc2)C1. The number of methoxy groups -OCH3 is 1. The van der Waals surface area contributed by atoms with Gasteiger partial charge in [0.1, 0.15) is 0 Å². The number of halogens is 1. The molecule has 4 nitrogen and oxygen atoms in total. The molecular weight excluding hydrogens is 330 g/mol. The van der Waals surface area contributed by atoms with Crippen LogP contribution in [0.3, 0.4) is 0 Å². The van der Waals surface area contributed by atoms with E-state index in [1.54, 1.807) is 23.5 Å². The summed E-state index contributed by atoms with van der Waals surface area (Å²) in [5, 5.41) is 0.729. The molecule has 1 atom stereocenters. The molecule has 1 heterocycles. The highest BCUT2D eigenvalue weighted by atomic mass is 79.9. The van der Waals surface area contributed by atoms with Crippen LogP contribution in [0.5, 0.6) is 0 Å². The molecule has 1 saturated heterocycles. The molecule has 0 aliphatic carbocycles. The van der Waals surface area contributed by atoms with Crippen LogP contribution in [0.1, 0.15) is 12.0 Å². The quantitative estimate of drug-likeness (QED) is 0.767. The van der Waals surface area contributed by atoms with E-state index in [2.05, 4.69) is 15.9 Å². The Bertz CT molecular complexity index is 515. The third-order valence-corrected chi connectivity index (χ3v) is 5.89. The second-order valence-electron chi connectivity index (χ2n) is 4.75. The van der Waals surface area contributed by atoms with E-state index in [1.807, 2.05) is 12.1 Å². The van der Waals surface area contributed by atoms with Gasteiger partial charge in [-0.1, -0.05) is 28.1 Å². The van der Waals surface area contributed by atoms with Crippen molar-refractivity contribution in [1.29, 1.82) is 0 Å². The Labute approximate surface area is 122 Å². The molecule has 1 unspecified atom stereocenters. The minimum atomic E-state index is -3.35. The maximum atomic E-state index is 12.5. The van der Waals surface area contributed by atoms with Crippen molar-refractivity contribution < 1.29 is 13.2 Å². The molecule has 6 heteroatoms. The van der Waals surface area contributed by atoms with Gasteiger partial charge in [0, 0.05) is 25.5 Å². The van der Waals surface area contributed by atoms with Crippen LogP contribution < -0.4 is 0 Å². The van der Waals surface area contributed by atoms with Crippen LogP contribution in [-0.4, -0.2) is 39.5 Å². The zero-order chi connectivity index (χ0) is 13.9. The van der Waals surface area contributed by atoms with Gasteiger partial charge in [-0.15, -0.1) is 0 Å². The Morgan fingerprint density at radius 2 is 2.05 bits per heavy atom. The lowest BCUT2D eigenvalue weighted by Gasteiger charge is -2.16. The Hall–Kier alpha value is -0.430. The lowest BCUT2D eigenvalue weighted by Crippen LogP contribution is -2.29. The minimum absolute atomic E-state index is 0.307. The fraction of sp³-hybridized carbons (Fsp3) is 0.538. The van der Waals surface area contributed by atoms with Gasteiger partial charge in [-0.05, 0) is 30.0 Å². The van der Waals surface area contributed by atoms with Crippen molar-refractivity contribution in [3.63, 3.8) is 0 Å². The van der Waals surface area contributed by atoms with Crippen LogP contribution in [0.25, 0.3) is 0 Å². The van der Waals surface area contributed by atoms with Crippen molar-refractivity contribution >= 4 is 26.0 Å². The Balaban J connectivity index is 2.13. The van der Waals surface area contributed by atoms with Crippen molar-refractivity contribution in [1.82, 2.24) is 4.31 Å². The van der Waals surface area contributed by atoms with Crippen molar-refractivity contribution in [2.45, 2.75) is 16.6 Å². The molecule has 0 aromatic heterocycles. The van der Waals surface area contributed by atoms with Gasteiger partial charge in [-0.2, -0.15) is 4.31 Å². The number of nitrogens with zero attached hydrogens (tertiary/aromatic N) is 1. The van der Waals surface area contributed by atoms with E-state index in [4.69, 9.17) is 4.74 Å². The zero-order valence-corrected chi connectivity index (χ0v) is 13.3. The molecule has 1 fully saturated rings. The van der Waals surface area contributed by atoms with Gasteiger partial charge >= 0.3 is 0 Å². The smallest absolute Gasteiger partial charge is 0.243 e. The third kappa shape index (κ3) is 3.37. The summed E-state index contributed by atoms with van der Waals surface area (Å²) < 4.78 is 31.6. The summed E-state index contributed by atoms with van der Waals surface area (Å²) in [4.78, 5) is 0.371. The lowest BCUT2D eigenvalue weighted by atomic mass is 10.1. The van der Waals surface area contributed by atoms with Gasteiger partial charge in [0.05, 0.1) is 11.5 Å². The number of hydrogen-bond donors (Lipinski definition) is 0. The van der Waals surface area contributed by atoms with Crippen LogP contribution in [-0.2, 0) is 20.1 Å². The number of rotatable bonds is 5. The molecule has 1 aromatic carbocycles. The van der Waals surface area contributed by atoms with E-state index < -0.39 is 10.0 Å². The molecule has 1 aliphatic heterocycles. The van der Waals surface area contributed by atoms with Crippen LogP contribution in [0.15, 0.2) is 29.2 Å². The molecule has 0 bridgehead atoms. The van der Waals surface area contributed by atoms with E-state index in [0.29, 0.717) is 30.5 Å². The van der Waals surface area contributed by atoms with Gasteiger partial charge in [0.25, 0.3) is 0 Å². The molecular formula is C13H18BrNO3S. The van der Waals surface area contributed by atoms with E-state index in [9.17, 15) is 8.42 Å². The number of benzene rings is 1. The zero-order valence-electron chi connectivity index (χ0n) is 10.9. The first-order valence-corrected chi connectivity index (χ1v) is 8.78. The molecule has 0 amide bonds. The molecule has 106 valence electrons. The standard InChI is InChI=1S/C13H18BrNO3S/c1-18-10-12-6-7-15(9-12)19(16,17)13-4-2-11(8-14)3-5-13/h2-5,12H,6-10H2,1H3. The summed E-state index contributed by atoms with van der Waals surface area (Å²) in [6, 6.07) is 7.03. The summed E-state index contributed by atoms with van der Waals surface area (Å²) in [6.07, 6.45) is 0.868. The Morgan fingerprint density at radius 1 is 1.37 bits per heavy atom. The number of alkyl halides is 1. The first-order valence-electron chi connectivity index (χ1n) is 6.22. The fourth-order valence-electron chi connectivity index (χ4n) is 2.29. The summed E-state index contributed by atoms with van der Waals surface area (Å²) in [7, 11) is -1.70. The summed E-state index contributed by atoms with van der Waals surface area (Å²) in [6.45, 7) is 1.75. The molecule has 1 aliphatic rings. The summed E-state index contributed by atoms with van der Waals surface area (Å²) in [5.41, 5.74) is 1.07. The van der Waals surface area contributed by atoms with Crippen LogP contribution in [0.4, 0.5) is 0 Å². The molecule has 1 aromatic rings. The number of hydrogen-bond acceptors (Lipinski definition) is 3. The second-order valence-corrected chi connectivity index (χ2v) is 7.25. The van der Waals surface area contributed by atoms with Gasteiger partial charge in [-0.25, -0.2) is 8.42 Å². The van der Waals surface area contributed by atoms with Crippen LogP contribution >= 0.6 is 15.9 Å². The molecule has 0 N–H and O–H groups in total. The van der Waals surface area contributed by atoms with E-state index >= 15 is 0 Å². The predicted octanol–water partition coefficient (Wildman–Crippen LogP) is 2.24. The maximum absolute atomic E-state index is 12.5. The topological polar surface area (TPSA) is 46.6 Å². The molecule has 2 rings (SSSR count). The van der Waals surface area contributed by atoms with Crippen molar-refractivity contribution in [3.8, 4) is 0 Å². The predicted molar refractivity (Wildman–Crippen MR) is 77.8 cm³/mol. The Kier molecular flexibility index (Phi) is 5.00. The van der Waals surface area contributed by atoms with E-state index in [0.717, 1.165) is 17.3 Å². The normalized spacial score (nSPS) is 20.8.